The summed E-state index contributed by atoms with van der Waals surface area (Å²) < 4.78 is 17.3. The first-order valence-corrected chi connectivity index (χ1v) is 8.83. The SMILES string of the molecule is Nc1cc(COc2ccc3c(c2)OCC(NO)=C3)ccc1Oc1ccccc1. The summed E-state index contributed by atoms with van der Waals surface area (Å²) in [5.74, 6) is 2.75. The Bertz CT molecular complexity index is 1000. The van der Waals surface area contributed by atoms with Gasteiger partial charge in [-0.3, -0.25) is 10.7 Å². The van der Waals surface area contributed by atoms with E-state index >= 15 is 0 Å². The van der Waals surface area contributed by atoms with E-state index in [1.54, 1.807) is 0 Å². The number of anilines is 1. The first-order valence-electron chi connectivity index (χ1n) is 8.83. The third-order valence-corrected chi connectivity index (χ3v) is 4.29. The number of hydroxylamine groups is 1. The summed E-state index contributed by atoms with van der Waals surface area (Å²) in [6.07, 6.45) is 1.83. The van der Waals surface area contributed by atoms with Gasteiger partial charge in [0.25, 0.3) is 0 Å². The van der Waals surface area contributed by atoms with Crippen molar-refractivity contribution in [2.24, 2.45) is 0 Å². The van der Waals surface area contributed by atoms with Gasteiger partial charge in [-0.25, -0.2) is 0 Å². The number of fused-ring (bicyclic) bond motifs is 1. The molecule has 6 heteroatoms. The molecule has 6 nitrogen and oxygen atoms in total. The van der Waals surface area contributed by atoms with E-state index in [1.807, 2.05) is 72.8 Å². The van der Waals surface area contributed by atoms with Gasteiger partial charge >= 0.3 is 0 Å². The van der Waals surface area contributed by atoms with Crippen LogP contribution in [0.2, 0.25) is 0 Å². The van der Waals surface area contributed by atoms with E-state index in [-0.39, 0.29) is 6.61 Å². The monoisotopic (exact) mass is 376 g/mol. The molecule has 0 saturated heterocycles. The van der Waals surface area contributed by atoms with Crippen LogP contribution in [-0.4, -0.2) is 11.8 Å². The zero-order chi connectivity index (χ0) is 19.3. The summed E-state index contributed by atoms with van der Waals surface area (Å²) in [4.78, 5) is 0. The first-order chi connectivity index (χ1) is 13.7. The molecule has 0 spiro atoms. The highest BCUT2D eigenvalue weighted by Gasteiger charge is 2.12. The molecule has 0 atom stereocenters. The number of nitrogens with one attached hydrogen (secondary N) is 1. The summed E-state index contributed by atoms with van der Waals surface area (Å²) in [6, 6.07) is 20.7. The number of hydrogen-bond acceptors (Lipinski definition) is 6. The molecule has 0 aromatic heterocycles. The number of rotatable bonds is 6. The quantitative estimate of drug-likeness (QED) is 0.438. The lowest BCUT2D eigenvalue weighted by molar-refractivity contribution is 0.180. The Balaban J connectivity index is 1.41. The normalized spacial score (nSPS) is 12.4. The zero-order valence-electron chi connectivity index (χ0n) is 15.1. The van der Waals surface area contributed by atoms with Crippen LogP contribution in [0.3, 0.4) is 0 Å². The lowest BCUT2D eigenvalue weighted by atomic mass is 10.1. The number of benzene rings is 3. The van der Waals surface area contributed by atoms with Crippen molar-refractivity contribution in [2.45, 2.75) is 6.61 Å². The average Bonchev–Trinajstić information content (AvgIpc) is 2.74. The van der Waals surface area contributed by atoms with Crippen LogP contribution in [0.15, 0.2) is 72.4 Å². The zero-order valence-corrected chi connectivity index (χ0v) is 15.1. The number of nitrogens with two attached hydrogens (primary N) is 1. The lowest BCUT2D eigenvalue weighted by Gasteiger charge is -2.18. The highest BCUT2D eigenvalue weighted by atomic mass is 16.5. The van der Waals surface area contributed by atoms with E-state index in [1.165, 1.54) is 0 Å². The van der Waals surface area contributed by atoms with Gasteiger partial charge in [-0.2, -0.15) is 0 Å². The van der Waals surface area contributed by atoms with Crippen molar-refractivity contribution >= 4 is 11.8 Å². The van der Waals surface area contributed by atoms with Gasteiger partial charge in [-0.1, -0.05) is 24.3 Å². The van der Waals surface area contributed by atoms with E-state index in [0.29, 0.717) is 35.2 Å². The van der Waals surface area contributed by atoms with E-state index in [4.69, 9.17) is 25.2 Å². The first kappa shape index (κ1) is 17.8. The maximum atomic E-state index is 8.96. The van der Waals surface area contributed by atoms with Crippen LogP contribution in [0, 0.1) is 0 Å². The van der Waals surface area contributed by atoms with Gasteiger partial charge in [-0.05, 0) is 48.0 Å². The van der Waals surface area contributed by atoms with Crippen molar-refractivity contribution in [3.63, 3.8) is 0 Å². The molecule has 142 valence electrons. The Hall–Kier alpha value is -3.64. The van der Waals surface area contributed by atoms with Crippen molar-refractivity contribution in [3.05, 3.63) is 83.6 Å². The minimum atomic E-state index is 0.284. The molecule has 4 rings (SSSR count). The van der Waals surface area contributed by atoms with Crippen LogP contribution in [0.1, 0.15) is 11.1 Å². The van der Waals surface area contributed by atoms with Crippen molar-refractivity contribution in [3.8, 4) is 23.0 Å². The molecule has 1 aliphatic rings. The van der Waals surface area contributed by atoms with Gasteiger partial charge in [-0.15, -0.1) is 0 Å². The summed E-state index contributed by atoms with van der Waals surface area (Å²) in [7, 11) is 0. The second kappa shape index (κ2) is 7.94. The van der Waals surface area contributed by atoms with E-state index in [2.05, 4.69) is 5.48 Å². The Morgan fingerprint density at radius 2 is 1.86 bits per heavy atom. The summed E-state index contributed by atoms with van der Waals surface area (Å²) in [5.41, 5.74) is 11.2. The number of nitrogen functional groups attached to an aromatic ring is 1. The molecule has 0 amide bonds. The minimum absolute atomic E-state index is 0.284. The Morgan fingerprint density at radius 3 is 2.64 bits per heavy atom. The average molecular weight is 376 g/mol. The Kier molecular flexibility index (Phi) is 5.03. The molecule has 0 saturated carbocycles. The van der Waals surface area contributed by atoms with Gasteiger partial charge < -0.3 is 19.9 Å². The second-order valence-corrected chi connectivity index (χ2v) is 6.35. The fourth-order valence-electron chi connectivity index (χ4n) is 2.86. The van der Waals surface area contributed by atoms with Gasteiger partial charge in [0.05, 0.1) is 11.4 Å². The van der Waals surface area contributed by atoms with Crippen molar-refractivity contribution in [1.82, 2.24) is 5.48 Å². The molecule has 3 aromatic rings. The van der Waals surface area contributed by atoms with Crippen LogP contribution < -0.4 is 25.4 Å². The summed E-state index contributed by atoms with van der Waals surface area (Å²) in [5, 5.41) is 8.96. The van der Waals surface area contributed by atoms with Crippen LogP contribution >= 0.6 is 0 Å². The van der Waals surface area contributed by atoms with Crippen molar-refractivity contribution in [2.75, 3.05) is 12.3 Å². The lowest BCUT2D eigenvalue weighted by Crippen LogP contribution is -2.17. The molecule has 3 aromatic carbocycles. The third kappa shape index (κ3) is 4.02. The summed E-state index contributed by atoms with van der Waals surface area (Å²) >= 11 is 0. The molecular formula is C22H20N2O4. The maximum Gasteiger partial charge on any atom is 0.150 e. The fourth-order valence-corrected chi connectivity index (χ4v) is 2.86. The fraction of sp³-hybridized carbons (Fsp3) is 0.0909. The Morgan fingerprint density at radius 1 is 1.00 bits per heavy atom. The molecule has 4 N–H and O–H groups in total. The molecule has 1 heterocycles. The van der Waals surface area contributed by atoms with Crippen LogP contribution in [0.4, 0.5) is 5.69 Å². The maximum absolute atomic E-state index is 8.96. The van der Waals surface area contributed by atoms with E-state index < -0.39 is 0 Å². The van der Waals surface area contributed by atoms with E-state index in [9.17, 15) is 0 Å². The van der Waals surface area contributed by atoms with Crippen LogP contribution in [0.5, 0.6) is 23.0 Å². The molecule has 0 unspecified atom stereocenters. The van der Waals surface area contributed by atoms with Crippen LogP contribution in [-0.2, 0) is 6.61 Å². The van der Waals surface area contributed by atoms with Gasteiger partial charge in [0, 0.05) is 11.6 Å². The molecule has 0 bridgehead atoms. The number of ether oxygens (including phenoxy) is 3. The van der Waals surface area contributed by atoms with E-state index in [0.717, 1.165) is 16.9 Å². The molecular weight excluding hydrogens is 356 g/mol. The largest absolute Gasteiger partial charge is 0.489 e. The highest BCUT2D eigenvalue weighted by Crippen LogP contribution is 2.31. The predicted octanol–water partition coefficient (Wildman–Crippen LogP) is 4.35. The molecule has 28 heavy (non-hydrogen) atoms. The second-order valence-electron chi connectivity index (χ2n) is 6.35. The highest BCUT2D eigenvalue weighted by molar-refractivity contribution is 5.63. The van der Waals surface area contributed by atoms with Gasteiger partial charge in [0.15, 0.2) is 0 Å². The van der Waals surface area contributed by atoms with Crippen molar-refractivity contribution in [1.29, 1.82) is 0 Å². The molecule has 0 fully saturated rings. The van der Waals surface area contributed by atoms with Crippen molar-refractivity contribution < 1.29 is 19.4 Å². The molecule has 0 radical (unpaired) electrons. The smallest absolute Gasteiger partial charge is 0.150 e. The minimum Gasteiger partial charge on any atom is -0.489 e. The third-order valence-electron chi connectivity index (χ3n) is 4.29. The van der Waals surface area contributed by atoms with Crippen LogP contribution in [0.25, 0.3) is 6.08 Å². The number of hydrogen-bond donors (Lipinski definition) is 3. The topological polar surface area (TPSA) is 86.0 Å². The van der Waals surface area contributed by atoms with Gasteiger partial charge in [0.2, 0.25) is 0 Å². The molecule has 0 aliphatic carbocycles. The number of para-hydroxylation sites is 1. The Labute approximate surface area is 162 Å². The predicted molar refractivity (Wildman–Crippen MR) is 107 cm³/mol. The summed E-state index contributed by atoms with van der Waals surface area (Å²) in [6.45, 7) is 0.653. The standard InChI is InChI=1S/C22H20N2O4/c23-20-10-15(6-9-21(20)28-18-4-2-1-3-5-18)13-26-19-8-7-16-11-17(24-25)14-27-22(16)12-19/h1-12,24-25H,13-14,23H2. The van der Waals surface area contributed by atoms with Gasteiger partial charge in [0.1, 0.15) is 36.2 Å². The molecule has 1 aliphatic heterocycles.